The topological polar surface area (TPSA) is 15.3 Å². The molecule has 1 aliphatic heterocycles. The van der Waals surface area contributed by atoms with Crippen molar-refractivity contribution in [3.8, 4) is 0 Å². The molecule has 18 heavy (non-hydrogen) atoms. The summed E-state index contributed by atoms with van der Waals surface area (Å²) in [6, 6.07) is 1.06. The Balaban J connectivity index is 2.05. The smallest absolute Gasteiger partial charge is 0.176 e. The first-order valence-corrected chi connectivity index (χ1v) is 6.64. The first-order valence-electron chi connectivity index (χ1n) is 5.84. The largest absolute Gasteiger partial charge is 0.314 e. The molecule has 2 nitrogen and oxygen atoms in total. The number of rotatable bonds is 3. The van der Waals surface area contributed by atoms with Gasteiger partial charge in [-0.05, 0) is 34.0 Å². The quantitative estimate of drug-likeness (QED) is 0.678. The second kappa shape index (κ2) is 6.04. The van der Waals surface area contributed by atoms with Crippen molar-refractivity contribution in [1.29, 1.82) is 0 Å². The first-order chi connectivity index (χ1) is 8.59. The van der Waals surface area contributed by atoms with Crippen LogP contribution in [0.5, 0.6) is 0 Å². The van der Waals surface area contributed by atoms with E-state index in [1.807, 2.05) is 0 Å². The molecule has 0 spiro atoms. The van der Waals surface area contributed by atoms with Crippen LogP contribution in [-0.4, -0.2) is 37.6 Å². The lowest BCUT2D eigenvalue weighted by atomic mass is 10.1. The van der Waals surface area contributed by atoms with Crippen molar-refractivity contribution in [3.63, 3.8) is 0 Å². The van der Waals surface area contributed by atoms with Crippen LogP contribution in [0.1, 0.15) is 5.56 Å². The molecule has 0 atom stereocenters. The SMILES string of the molecule is Fc1cc(CCN2CCNCC2)c(F)c(F)c1Br. The minimum absolute atomic E-state index is 0.0896. The van der Waals surface area contributed by atoms with E-state index in [1.54, 1.807) is 0 Å². The molecule has 1 N–H and O–H groups in total. The van der Waals surface area contributed by atoms with Gasteiger partial charge in [-0.1, -0.05) is 0 Å². The molecule has 1 aliphatic rings. The maximum atomic E-state index is 13.6. The molecule has 1 aromatic rings. The van der Waals surface area contributed by atoms with Crippen LogP contribution in [0.4, 0.5) is 13.2 Å². The number of halogens is 4. The highest BCUT2D eigenvalue weighted by Crippen LogP contribution is 2.25. The molecule has 0 aromatic heterocycles. The number of nitrogens with one attached hydrogen (secondary N) is 1. The summed E-state index contributed by atoms with van der Waals surface area (Å²) in [7, 11) is 0. The van der Waals surface area contributed by atoms with Crippen molar-refractivity contribution in [2.45, 2.75) is 6.42 Å². The maximum Gasteiger partial charge on any atom is 0.176 e. The molecule has 1 saturated heterocycles. The molecule has 1 aromatic carbocycles. The molecular formula is C12H14BrF3N2. The van der Waals surface area contributed by atoms with E-state index in [4.69, 9.17) is 0 Å². The van der Waals surface area contributed by atoms with Crippen molar-refractivity contribution in [2.24, 2.45) is 0 Å². The third-order valence-electron chi connectivity index (χ3n) is 3.08. The average molecular weight is 323 g/mol. The summed E-state index contributed by atoms with van der Waals surface area (Å²) in [4.78, 5) is 2.15. The number of hydrogen-bond donors (Lipinski definition) is 1. The Morgan fingerprint density at radius 2 is 1.83 bits per heavy atom. The summed E-state index contributed by atoms with van der Waals surface area (Å²) >= 11 is 2.68. The molecular weight excluding hydrogens is 309 g/mol. The number of nitrogens with zero attached hydrogens (tertiary/aromatic N) is 1. The monoisotopic (exact) mass is 322 g/mol. The van der Waals surface area contributed by atoms with Gasteiger partial charge < -0.3 is 10.2 Å². The fourth-order valence-corrected chi connectivity index (χ4v) is 2.31. The van der Waals surface area contributed by atoms with E-state index in [1.165, 1.54) is 0 Å². The minimum Gasteiger partial charge on any atom is -0.314 e. The first kappa shape index (κ1) is 13.8. The predicted molar refractivity (Wildman–Crippen MR) is 67.0 cm³/mol. The minimum atomic E-state index is -1.15. The van der Waals surface area contributed by atoms with Gasteiger partial charge in [0.15, 0.2) is 11.6 Å². The van der Waals surface area contributed by atoms with E-state index in [0.29, 0.717) is 13.0 Å². The Labute approximate surface area is 112 Å². The zero-order valence-electron chi connectivity index (χ0n) is 9.78. The van der Waals surface area contributed by atoms with Crippen molar-refractivity contribution in [2.75, 3.05) is 32.7 Å². The molecule has 0 unspecified atom stereocenters. The van der Waals surface area contributed by atoms with Crippen LogP contribution in [0.3, 0.4) is 0 Å². The third-order valence-corrected chi connectivity index (χ3v) is 3.81. The molecule has 0 amide bonds. The highest BCUT2D eigenvalue weighted by Gasteiger charge is 2.18. The number of benzene rings is 1. The van der Waals surface area contributed by atoms with E-state index >= 15 is 0 Å². The standard InChI is InChI=1S/C12H14BrF3N2/c13-10-9(14)7-8(11(15)12(10)16)1-4-18-5-2-17-3-6-18/h7,17H,1-6H2. The van der Waals surface area contributed by atoms with E-state index in [2.05, 4.69) is 26.1 Å². The molecule has 0 saturated carbocycles. The van der Waals surface area contributed by atoms with Crippen LogP contribution in [0.15, 0.2) is 10.5 Å². The van der Waals surface area contributed by atoms with Crippen molar-refractivity contribution >= 4 is 15.9 Å². The summed E-state index contributed by atoms with van der Waals surface area (Å²) in [5, 5.41) is 3.21. The second-order valence-corrected chi connectivity index (χ2v) is 5.09. The molecule has 2 rings (SSSR count). The van der Waals surface area contributed by atoms with Gasteiger partial charge in [-0.2, -0.15) is 0 Å². The van der Waals surface area contributed by atoms with Crippen LogP contribution in [-0.2, 0) is 6.42 Å². The van der Waals surface area contributed by atoms with Gasteiger partial charge in [-0.3, -0.25) is 0 Å². The van der Waals surface area contributed by atoms with Gasteiger partial charge in [-0.15, -0.1) is 0 Å². The van der Waals surface area contributed by atoms with Crippen molar-refractivity contribution < 1.29 is 13.2 Å². The molecule has 6 heteroatoms. The number of piperazine rings is 1. The van der Waals surface area contributed by atoms with Crippen LogP contribution >= 0.6 is 15.9 Å². The fraction of sp³-hybridized carbons (Fsp3) is 0.500. The zero-order valence-corrected chi connectivity index (χ0v) is 11.4. The van der Waals surface area contributed by atoms with Gasteiger partial charge in [0.2, 0.25) is 0 Å². The zero-order chi connectivity index (χ0) is 13.1. The Hall–Kier alpha value is -0.590. The fourth-order valence-electron chi connectivity index (χ4n) is 2.02. The highest BCUT2D eigenvalue weighted by atomic mass is 79.9. The Kier molecular flexibility index (Phi) is 4.64. The van der Waals surface area contributed by atoms with Gasteiger partial charge in [0.1, 0.15) is 5.82 Å². The van der Waals surface area contributed by atoms with E-state index < -0.39 is 21.9 Å². The van der Waals surface area contributed by atoms with Crippen LogP contribution in [0, 0.1) is 17.5 Å². The Morgan fingerprint density at radius 3 is 2.50 bits per heavy atom. The summed E-state index contributed by atoms with van der Waals surface area (Å²) in [6.07, 6.45) is 0.312. The maximum absolute atomic E-state index is 13.6. The normalized spacial score (nSPS) is 17.1. The highest BCUT2D eigenvalue weighted by molar-refractivity contribution is 9.10. The van der Waals surface area contributed by atoms with Gasteiger partial charge in [0, 0.05) is 32.7 Å². The Morgan fingerprint density at radius 1 is 1.17 bits per heavy atom. The van der Waals surface area contributed by atoms with Gasteiger partial charge >= 0.3 is 0 Å². The molecule has 0 radical (unpaired) electrons. The number of hydrogen-bond acceptors (Lipinski definition) is 2. The van der Waals surface area contributed by atoms with Crippen LogP contribution in [0.25, 0.3) is 0 Å². The van der Waals surface area contributed by atoms with E-state index in [-0.39, 0.29) is 5.56 Å². The third kappa shape index (κ3) is 3.05. The predicted octanol–water partition coefficient (Wildman–Crippen LogP) is 2.31. The summed E-state index contributed by atoms with van der Waals surface area (Å²) < 4.78 is 39.8. The average Bonchev–Trinajstić information content (AvgIpc) is 2.40. The van der Waals surface area contributed by atoms with Gasteiger partial charge in [0.25, 0.3) is 0 Å². The van der Waals surface area contributed by atoms with Gasteiger partial charge in [0.05, 0.1) is 4.47 Å². The second-order valence-electron chi connectivity index (χ2n) is 4.30. The molecule has 1 fully saturated rings. The molecule has 0 bridgehead atoms. The van der Waals surface area contributed by atoms with E-state index in [0.717, 1.165) is 32.2 Å². The lowest BCUT2D eigenvalue weighted by Gasteiger charge is -2.27. The van der Waals surface area contributed by atoms with Crippen molar-refractivity contribution in [1.82, 2.24) is 10.2 Å². The van der Waals surface area contributed by atoms with Crippen molar-refractivity contribution in [3.05, 3.63) is 33.6 Å². The van der Waals surface area contributed by atoms with E-state index in [9.17, 15) is 13.2 Å². The summed E-state index contributed by atoms with van der Waals surface area (Å²) in [5.74, 6) is -2.87. The summed E-state index contributed by atoms with van der Waals surface area (Å²) in [5.41, 5.74) is 0.0896. The molecule has 100 valence electrons. The summed E-state index contributed by atoms with van der Waals surface area (Å²) in [6.45, 7) is 4.16. The molecule has 0 aliphatic carbocycles. The molecule has 1 heterocycles. The lowest BCUT2D eigenvalue weighted by molar-refractivity contribution is 0.242. The lowest BCUT2D eigenvalue weighted by Crippen LogP contribution is -2.44. The van der Waals surface area contributed by atoms with Gasteiger partial charge in [-0.25, -0.2) is 13.2 Å². The van der Waals surface area contributed by atoms with Crippen LogP contribution < -0.4 is 5.32 Å². The Bertz CT molecular complexity index is 434. The van der Waals surface area contributed by atoms with Crippen LogP contribution in [0.2, 0.25) is 0 Å².